The first kappa shape index (κ1) is 18.0. The molecule has 2 aromatic rings. The molecule has 0 fully saturated rings. The summed E-state index contributed by atoms with van der Waals surface area (Å²) >= 11 is 0. The van der Waals surface area contributed by atoms with Crippen LogP contribution in [0.5, 0.6) is 17.4 Å². The molecule has 0 bridgehead atoms. The summed E-state index contributed by atoms with van der Waals surface area (Å²) < 4.78 is 17.2. The molecule has 0 aliphatic heterocycles. The molecular formula is C19H26N2O3. The lowest BCUT2D eigenvalue weighted by atomic mass is 10.3. The number of ether oxygens (including phenoxy) is 3. The number of unbranched alkanes of at least 4 members (excludes halogenated alkanes) is 2. The van der Waals surface area contributed by atoms with Crippen molar-refractivity contribution in [3.8, 4) is 17.4 Å². The third-order valence-electron chi connectivity index (χ3n) is 3.40. The molecule has 0 saturated carbocycles. The summed E-state index contributed by atoms with van der Waals surface area (Å²) in [5.74, 6) is 1.90. The predicted octanol–water partition coefficient (Wildman–Crippen LogP) is 4.41. The van der Waals surface area contributed by atoms with Gasteiger partial charge < -0.3 is 14.2 Å². The monoisotopic (exact) mass is 330 g/mol. The summed E-state index contributed by atoms with van der Waals surface area (Å²) in [5, 5.41) is 8.35. The Morgan fingerprint density at radius 3 is 2.25 bits per heavy atom. The van der Waals surface area contributed by atoms with E-state index in [4.69, 9.17) is 14.2 Å². The molecule has 0 amide bonds. The molecule has 0 spiro atoms. The Hall–Kier alpha value is -2.30. The zero-order valence-corrected chi connectivity index (χ0v) is 14.5. The third-order valence-corrected chi connectivity index (χ3v) is 3.40. The molecule has 0 atom stereocenters. The summed E-state index contributed by atoms with van der Waals surface area (Å²) in [7, 11) is 0. The minimum absolute atomic E-state index is 0.344. The number of rotatable bonds is 11. The maximum absolute atomic E-state index is 5.82. The molecule has 0 radical (unpaired) electrons. The van der Waals surface area contributed by atoms with Crippen molar-refractivity contribution in [2.45, 2.75) is 46.1 Å². The molecule has 2 rings (SSSR count). The summed E-state index contributed by atoms with van der Waals surface area (Å²) in [4.78, 5) is 0. The molecule has 130 valence electrons. The first-order valence-corrected chi connectivity index (χ1v) is 8.63. The number of hydrogen-bond donors (Lipinski definition) is 0. The summed E-state index contributed by atoms with van der Waals surface area (Å²) in [6, 6.07) is 11.5. The van der Waals surface area contributed by atoms with Crippen molar-refractivity contribution in [3.05, 3.63) is 42.1 Å². The Bertz CT molecular complexity index is 590. The molecule has 24 heavy (non-hydrogen) atoms. The van der Waals surface area contributed by atoms with Crippen LogP contribution in [0.3, 0.4) is 0 Å². The molecule has 5 heteroatoms. The van der Waals surface area contributed by atoms with Gasteiger partial charge >= 0.3 is 0 Å². The van der Waals surface area contributed by atoms with E-state index in [1.54, 1.807) is 0 Å². The lowest BCUT2D eigenvalue weighted by Crippen LogP contribution is -2.07. The summed E-state index contributed by atoms with van der Waals surface area (Å²) in [6.07, 6.45) is 4.12. The highest BCUT2D eigenvalue weighted by Gasteiger charge is 2.11. The van der Waals surface area contributed by atoms with Gasteiger partial charge in [0.25, 0.3) is 5.88 Å². The quantitative estimate of drug-likeness (QED) is 0.571. The van der Waals surface area contributed by atoms with Gasteiger partial charge in [-0.25, -0.2) is 0 Å². The molecule has 0 aliphatic carbocycles. The fourth-order valence-electron chi connectivity index (χ4n) is 1.99. The van der Waals surface area contributed by atoms with Gasteiger partial charge in [0.2, 0.25) is 0 Å². The second-order valence-corrected chi connectivity index (χ2v) is 5.51. The van der Waals surface area contributed by atoms with Gasteiger partial charge in [-0.05, 0) is 25.0 Å². The Morgan fingerprint density at radius 1 is 0.833 bits per heavy atom. The highest BCUT2D eigenvalue weighted by atomic mass is 16.5. The normalized spacial score (nSPS) is 10.4. The molecule has 0 aliphatic rings. The van der Waals surface area contributed by atoms with Gasteiger partial charge in [-0.15, -0.1) is 10.2 Å². The number of nitrogens with zero attached hydrogens (tertiary/aromatic N) is 2. The highest BCUT2D eigenvalue weighted by Crippen LogP contribution is 2.25. The van der Waals surface area contributed by atoms with E-state index in [2.05, 4.69) is 24.0 Å². The van der Waals surface area contributed by atoms with Crippen LogP contribution in [0.15, 0.2) is 36.4 Å². The first-order valence-electron chi connectivity index (χ1n) is 8.63. The number of benzene rings is 1. The van der Waals surface area contributed by atoms with E-state index in [0.29, 0.717) is 37.1 Å². The first-order chi connectivity index (χ1) is 11.8. The van der Waals surface area contributed by atoms with Crippen LogP contribution in [-0.2, 0) is 6.61 Å². The second-order valence-electron chi connectivity index (χ2n) is 5.51. The van der Waals surface area contributed by atoms with Gasteiger partial charge in [-0.3, -0.25) is 0 Å². The van der Waals surface area contributed by atoms with Crippen molar-refractivity contribution in [2.75, 3.05) is 13.2 Å². The van der Waals surface area contributed by atoms with Crippen LogP contribution in [-0.4, -0.2) is 23.4 Å². The zero-order chi connectivity index (χ0) is 17.0. The fourth-order valence-corrected chi connectivity index (χ4v) is 1.99. The van der Waals surface area contributed by atoms with Crippen LogP contribution >= 0.6 is 0 Å². The molecule has 0 unspecified atom stereocenters. The van der Waals surface area contributed by atoms with Gasteiger partial charge in [-0.2, -0.15) is 0 Å². The van der Waals surface area contributed by atoms with E-state index in [9.17, 15) is 0 Å². The molecular weight excluding hydrogens is 304 g/mol. The summed E-state index contributed by atoms with van der Waals surface area (Å²) in [5.41, 5.74) is 0.716. The lowest BCUT2D eigenvalue weighted by molar-refractivity contribution is 0.246. The van der Waals surface area contributed by atoms with E-state index >= 15 is 0 Å². The average molecular weight is 330 g/mol. The second kappa shape index (κ2) is 10.5. The van der Waals surface area contributed by atoms with Crippen LogP contribution in [0.1, 0.15) is 45.2 Å². The Morgan fingerprint density at radius 2 is 1.54 bits per heavy atom. The zero-order valence-electron chi connectivity index (χ0n) is 14.5. The Kier molecular flexibility index (Phi) is 7.87. The van der Waals surface area contributed by atoms with Gasteiger partial charge in [0.05, 0.1) is 13.2 Å². The molecule has 1 heterocycles. The lowest BCUT2D eigenvalue weighted by Gasteiger charge is -2.12. The van der Waals surface area contributed by atoms with E-state index < -0.39 is 0 Å². The standard InChI is InChI=1S/C19H26N2O3/c1-3-5-12-22-18-14-16(15-24-17-10-8-7-9-11-17)20-21-19(18)23-13-6-4-2/h7-11,14H,3-6,12-13,15H2,1-2H3. The summed E-state index contributed by atoms with van der Waals surface area (Å²) in [6.45, 7) is 5.86. The van der Waals surface area contributed by atoms with Crippen molar-refractivity contribution < 1.29 is 14.2 Å². The van der Waals surface area contributed by atoms with Crippen LogP contribution in [0.2, 0.25) is 0 Å². The van der Waals surface area contributed by atoms with Crippen LogP contribution in [0.4, 0.5) is 0 Å². The van der Waals surface area contributed by atoms with Crippen molar-refractivity contribution in [1.29, 1.82) is 0 Å². The minimum atomic E-state index is 0.344. The molecule has 5 nitrogen and oxygen atoms in total. The van der Waals surface area contributed by atoms with E-state index in [-0.39, 0.29) is 0 Å². The molecule has 1 aromatic carbocycles. The maximum atomic E-state index is 5.82. The SMILES string of the molecule is CCCCOc1cc(COc2ccccc2)nnc1OCCCC. The smallest absolute Gasteiger partial charge is 0.276 e. The van der Waals surface area contributed by atoms with Crippen LogP contribution in [0, 0.1) is 0 Å². The van der Waals surface area contributed by atoms with Crippen molar-refractivity contribution in [2.24, 2.45) is 0 Å². The van der Waals surface area contributed by atoms with Crippen molar-refractivity contribution >= 4 is 0 Å². The van der Waals surface area contributed by atoms with Gasteiger partial charge in [0.15, 0.2) is 5.75 Å². The minimum Gasteiger partial charge on any atom is -0.488 e. The third kappa shape index (κ3) is 6.07. The Balaban J connectivity index is 2.01. The molecule has 0 N–H and O–H groups in total. The number of para-hydroxylation sites is 1. The fraction of sp³-hybridized carbons (Fsp3) is 0.474. The number of hydrogen-bond acceptors (Lipinski definition) is 5. The van der Waals surface area contributed by atoms with Gasteiger partial charge in [-0.1, -0.05) is 44.9 Å². The predicted molar refractivity (Wildman–Crippen MR) is 93.6 cm³/mol. The largest absolute Gasteiger partial charge is 0.488 e. The highest BCUT2D eigenvalue weighted by molar-refractivity contribution is 5.33. The maximum Gasteiger partial charge on any atom is 0.276 e. The average Bonchev–Trinajstić information content (AvgIpc) is 2.62. The van der Waals surface area contributed by atoms with Crippen LogP contribution in [0.25, 0.3) is 0 Å². The van der Waals surface area contributed by atoms with Gasteiger partial charge in [0.1, 0.15) is 18.1 Å². The van der Waals surface area contributed by atoms with Crippen molar-refractivity contribution in [1.82, 2.24) is 10.2 Å². The van der Waals surface area contributed by atoms with E-state index in [0.717, 1.165) is 31.4 Å². The van der Waals surface area contributed by atoms with Gasteiger partial charge in [0, 0.05) is 6.07 Å². The molecule has 0 saturated heterocycles. The van der Waals surface area contributed by atoms with Crippen molar-refractivity contribution in [3.63, 3.8) is 0 Å². The topological polar surface area (TPSA) is 53.5 Å². The Labute approximate surface area is 144 Å². The molecule has 1 aromatic heterocycles. The van der Waals surface area contributed by atoms with E-state index in [1.165, 1.54) is 0 Å². The van der Waals surface area contributed by atoms with E-state index in [1.807, 2.05) is 36.4 Å². The number of aromatic nitrogens is 2. The van der Waals surface area contributed by atoms with Crippen LogP contribution < -0.4 is 14.2 Å².